The van der Waals surface area contributed by atoms with Gasteiger partial charge >= 0.3 is 0 Å². The summed E-state index contributed by atoms with van der Waals surface area (Å²) in [5.41, 5.74) is 5.34. The number of hydrogen-bond donors (Lipinski definition) is 1. The van der Waals surface area contributed by atoms with E-state index in [0.29, 0.717) is 4.90 Å². The number of hydrogen-bond acceptors (Lipinski definition) is 2. The van der Waals surface area contributed by atoms with E-state index in [2.05, 4.69) is 0 Å². The van der Waals surface area contributed by atoms with Gasteiger partial charge in [0.05, 0.1) is 0 Å². The lowest BCUT2D eigenvalue weighted by Crippen LogP contribution is -2.07. The monoisotopic (exact) mass is 203 g/mol. The number of nitrogens with two attached hydrogens (primary N) is 1. The van der Waals surface area contributed by atoms with E-state index in [9.17, 15) is 8.78 Å². The topological polar surface area (TPSA) is 26.0 Å². The van der Waals surface area contributed by atoms with Gasteiger partial charge in [0.2, 0.25) is 0 Å². The zero-order valence-electron chi connectivity index (χ0n) is 7.31. The van der Waals surface area contributed by atoms with Crippen molar-refractivity contribution in [2.24, 2.45) is 5.73 Å². The molecule has 0 saturated heterocycles. The van der Waals surface area contributed by atoms with Crippen molar-refractivity contribution in [1.29, 1.82) is 0 Å². The van der Waals surface area contributed by atoms with Crippen LogP contribution in [-0.4, -0.2) is 12.8 Å². The molecule has 72 valence electrons. The maximum Gasteiger partial charge on any atom is 0.142 e. The van der Waals surface area contributed by atoms with Crippen LogP contribution in [0.1, 0.15) is 5.56 Å². The Bertz CT molecular complexity index is 302. The van der Waals surface area contributed by atoms with Gasteiger partial charge in [-0.05, 0) is 31.4 Å². The molecule has 0 aliphatic rings. The number of thioether (sulfide) groups is 1. The van der Waals surface area contributed by atoms with Gasteiger partial charge < -0.3 is 5.73 Å². The summed E-state index contributed by atoms with van der Waals surface area (Å²) in [6.45, 7) is 0.256. The number of benzene rings is 1. The molecule has 1 rings (SSSR count). The average molecular weight is 203 g/mol. The first-order valence-corrected chi connectivity index (χ1v) is 5.14. The first-order chi connectivity index (χ1) is 6.20. The Morgan fingerprint density at radius 3 is 2.62 bits per heavy atom. The summed E-state index contributed by atoms with van der Waals surface area (Å²) >= 11 is 1.26. The summed E-state index contributed by atoms with van der Waals surface area (Å²) in [7, 11) is 0. The molecule has 1 aromatic rings. The van der Waals surface area contributed by atoms with Crippen molar-refractivity contribution in [2.75, 3.05) is 12.8 Å². The molecule has 0 fully saturated rings. The molecule has 0 atom stereocenters. The molecule has 0 saturated carbocycles. The Morgan fingerprint density at radius 2 is 2.08 bits per heavy atom. The minimum Gasteiger partial charge on any atom is -0.330 e. The van der Waals surface area contributed by atoms with Gasteiger partial charge in [0.1, 0.15) is 11.6 Å². The maximum absolute atomic E-state index is 13.4. The maximum atomic E-state index is 13.4. The Hall–Kier alpha value is -0.610. The molecule has 0 unspecified atom stereocenters. The normalized spacial score (nSPS) is 10.5. The van der Waals surface area contributed by atoms with E-state index in [4.69, 9.17) is 5.73 Å². The van der Waals surface area contributed by atoms with Crippen LogP contribution in [-0.2, 0) is 6.42 Å². The van der Waals surface area contributed by atoms with Crippen LogP contribution in [0.5, 0.6) is 0 Å². The Balaban J connectivity index is 3.13. The second-order valence-corrected chi connectivity index (χ2v) is 3.43. The summed E-state index contributed by atoms with van der Waals surface area (Å²) in [6, 6.07) is 2.72. The van der Waals surface area contributed by atoms with Crippen molar-refractivity contribution in [3.05, 3.63) is 29.3 Å². The summed E-state index contributed by atoms with van der Waals surface area (Å²) < 4.78 is 26.5. The van der Waals surface area contributed by atoms with Gasteiger partial charge in [0.25, 0.3) is 0 Å². The first kappa shape index (κ1) is 10.5. The molecule has 1 nitrogen and oxygen atoms in total. The molecule has 0 heterocycles. The molecular formula is C9H11F2NS. The molecule has 0 bridgehead atoms. The van der Waals surface area contributed by atoms with Crippen LogP contribution in [0.15, 0.2) is 17.0 Å². The molecule has 4 heteroatoms. The summed E-state index contributed by atoms with van der Waals surface area (Å²) in [4.78, 5) is 0.463. The van der Waals surface area contributed by atoms with Gasteiger partial charge in [-0.25, -0.2) is 8.78 Å². The van der Waals surface area contributed by atoms with Crippen molar-refractivity contribution in [3.8, 4) is 0 Å². The van der Waals surface area contributed by atoms with E-state index < -0.39 is 11.6 Å². The number of halogens is 2. The van der Waals surface area contributed by atoms with E-state index in [1.54, 1.807) is 6.26 Å². The van der Waals surface area contributed by atoms with Gasteiger partial charge in [-0.15, -0.1) is 11.8 Å². The SMILES string of the molecule is CSc1ccc(F)c(CCN)c1F. The molecular weight excluding hydrogens is 192 g/mol. The molecule has 1 aromatic carbocycles. The summed E-state index contributed by atoms with van der Waals surface area (Å²) in [5, 5.41) is 0. The lowest BCUT2D eigenvalue weighted by molar-refractivity contribution is 0.539. The highest BCUT2D eigenvalue weighted by Crippen LogP contribution is 2.24. The number of rotatable bonds is 3. The molecule has 0 aliphatic carbocycles. The second-order valence-electron chi connectivity index (χ2n) is 2.58. The van der Waals surface area contributed by atoms with Gasteiger partial charge in [0, 0.05) is 10.5 Å². The van der Waals surface area contributed by atoms with E-state index in [1.165, 1.54) is 23.9 Å². The zero-order valence-corrected chi connectivity index (χ0v) is 8.13. The summed E-state index contributed by atoms with van der Waals surface area (Å²) in [5.74, 6) is -0.987. The van der Waals surface area contributed by atoms with Crippen molar-refractivity contribution < 1.29 is 8.78 Å². The zero-order chi connectivity index (χ0) is 9.84. The fourth-order valence-corrected chi connectivity index (χ4v) is 1.61. The van der Waals surface area contributed by atoms with E-state index >= 15 is 0 Å². The van der Waals surface area contributed by atoms with Crippen LogP contribution in [0, 0.1) is 11.6 Å². The van der Waals surface area contributed by atoms with Gasteiger partial charge in [-0.2, -0.15) is 0 Å². The van der Waals surface area contributed by atoms with E-state index in [0.717, 1.165) is 0 Å². The highest BCUT2D eigenvalue weighted by molar-refractivity contribution is 7.98. The second kappa shape index (κ2) is 4.58. The minimum atomic E-state index is -0.513. The van der Waals surface area contributed by atoms with E-state index in [1.807, 2.05) is 0 Å². The van der Waals surface area contributed by atoms with Crippen LogP contribution in [0.3, 0.4) is 0 Å². The molecule has 2 N–H and O–H groups in total. The van der Waals surface area contributed by atoms with Crippen molar-refractivity contribution in [3.63, 3.8) is 0 Å². The molecule has 0 spiro atoms. The Morgan fingerprint density at radius 1 is 1.38 bits per heavy atom. The standard InChI is InChI=1S/C9H11F2NS/c1-13-8-3-2-7(10)6(4-5-12)9(8)11/h2-3H,4-5,12H2,1H3. The van der Waals surface area contributed by atoms with Crippen LogP contribution in [0.25, 0.3) is 0 Å². The minimum absolute atomic E-state index is 0.0920. The highest BCUT2D eigenvalue weighted by Gasteiger charge is 2.11. The Labute approximate surface area is 80.3 Å². The fourth-order valence-electron chi connectivity index (χ4n) is 1.11. The molecule has 0 aromatic heterocycles. The van der Waals surface area contributed by atoms with E-state index in [-0.39, 0.29) is 18.5 Å². The van der Waals surface area contributed by atoms with Crippen LogP contribution < -0.4 is 5.73 Å². The quantitative estimate of drug-likeness (QED) is 0.762. The predicted octanol–water partition coefficient (Wildman–Crippen LogP) is 2.19. The molecule has 0 amide bonds. The lowest BCUT2D eigenvalue weighted by Gasteiger charge is -2.06. The van der Waals surface area contributed by atoms with Crippen molar-refractivity contribution in [2.45, 2.75) is 11.3 Å². The van der Waals surface area contributed by atoms with Gasteiger partial charge in [-0.1, -0.05) is 0 Å². The third kappa shape index (κ3) is 2.19. The average Bonchev–Trinajstić information content (AvgIpc) is 2.12. The van der Waals surface area contributed by atoms with Crippen molar-refractivity contribution >= 4 is 11.8 Å². The van der Waals surface area contributed by atoms with Gasteiger partial charge in [-0.3, -0.25) is 0 Å². The first-order valence-electron chi connectivity index (χ1n) is 3.91. The fraction of sp³-hybridized carbons (Fsp3) is 0.333. The molecule has 13 heavy (non-hydrogen) atoms. The van der Waals surface area contributed by atoms with Crippen molar-refractivity contribution in [1.82, 2.24) is 0 Å². The molecule has 0 radical (unpaired) electrons. The Kier molecular flexibility index (Phi) is 3.69. The third-order valence-corrected chi connectivity index (χ3v) is 2.52. The van der Waals surface area contributed by atoms with Gasteiger partial charge in [0.15, 0.2) is 0 Å². The van der Waals surface area contributed by atoms with Crippen LogP contribution in [0.2, 0.25) is 0 Å². The third-order valence-electron chi connectivity index (χ3n) is 1.76. The largest absolute Gasteiger partial charge is 0.330 e. The predicted molar refractivity (Wildman–Crippen MR) is 50.9 cm³/mol. The smallest absolute Gasteiger partial charge is 0.142 e. The highest BCUT2D eigenvalue weighted by atomic mass is 32.2. The molecule has 0 aliphatic heterocycles. The lowest BCUT2D eigenvalue weighted by atomic mass is 10.1. The summed E-state index contributed by atoms with van der Waals surface area (Å²) in [6.07, 6.45) is 1.99. The van der Waals surface area contributed by atoms with Crippen LogP contribution >= 0.6 is 11.8 Å². The van der Waals surface area contributed by atoms with Crippen LogP contribution in [0.4, 0.5) is 8.78 Å².